The van der Waals surface area contributed by atoms with E-state index in [-0.39, 0.29) is 10.6 Å². The summed E-state index contributed by atoms with van der Waals surface area (Å²) in [7, 11) is 0. The number of aliphatic hydroxyl groups is 1. The first-order chi connectivity index (χ1) is 6.80. The van der Waals surface area contributed by atoms with Crippen LogP contribution < -0.4 is 0 Å². The molecule has 84 valence electrons. The fourth-order valence-electron chi connectivity index (χ4n) is 1.02. The highest BCUT2D eigenvalue weighted by Crippen LogP contribution is 2.27. The summed E-state index contributed by atoms with van der Waals surface area (Å²) in [6.07, 6.45) is -2.74. The molecule has 0 heterocycles. The molecule has 1 unspecified atom stereocenters. The van der Waals surface area contributed by atoms with Gasteiger partial charge in [0.05, 0.1) is 0 Å². The monoisotopic (exact) mass is 258 g/mol. The van der Waals surface area contributed by atoms with Crippen LogP contribution in [0.3, 0.4) is 0 Å². The van der Waals surface area contributed by atoms with Crippen molar-refractivity contribution in [2.45, 2.75) is 17.9 Å². The first kappa shape index (κ1) is 12.6. The van der Waals surface area contributed by atoms with Crippen molar-refractivity contribution < 1.29 is 18.3 Å². The van der Waals surface area contributed by atoms with Crippen molar-refractivity contribution in [3.63, 3.8) is 0 Å². The average molecular weight is 259 g/mol. The van der Waals surface area contributed by atoms with Gasteiger partial charge in [-0.25, -0.2) is 4.39 Å². The van der Waals surface area contributed by atoms with Crippen molar-refractivity contribution >= 4 is 23.2 Å². The van der Waals surface area contributed by atoms with Gasteiger partial charge in [-0.3, -0.25) is 0 Å². The molecule has 1 N–H and O–H groups in total. The third kappa shape index (κ3) is 3.55. The van der Waals surface area contributed by atoms with Gasteiger partial charge in [-0.15, -0.1) is 0 Å². The maximum atomic E-state index is 13.1. The van der Waals surface area contributed by atoms with Crippen LogP contribution in [0.15, 0.2) is 18.2 Å². The van der Waals surface area contributed by atoms with Crippen LogP contribution in [0.2, 0.25) is 5.02 Å². The highest BCUT2D eigenvalue weighted by atomic mass is 35.5. The van der Waals surface area contributed by atoms with Gasteiger partial charge in [-0.2, -0.15) is 8.78 Å². The van der Waals surface area contributed by atoms with E-state index in [1.54, 1.807) is 0 Å². The second-order valence-electron chi connectivity index (χ2n) is 3.00. The molecule has 6 heteroatoms. The number of hydrogen-bond acceptors (Lipinski definition) is 1. The van der Waals surface area contributed by atoms with Gasteiger partial charge in [0.25, 0.3) is 0 Å². The summed E-state index contributed by atoms with van der Waals surface area (Å²) in [5.41, 5.74) is -0.102. The second kappa shape index (κ2) is 4.60. The van der Waals surface area contributed by atoms with E-state index in [1.807, 2.05) is 0 Å². The number of hydrogen-bond donors (Lipinski definition) is 1. The van der Waals surface area contributed by atoms with Crippen LogP contribution in [-0.2, 0) is 6.42 Å². The molecule has 0 fully saturated rings. The largest absolute Gasteiger partial charge is 0.385 e. The Balaban J connectivity index is 2.85. The van der Waals surface area contributed by atoms with Gasteiger partial charge >= 0.3 is 5.38 Å². The van der Waals surface area contributed by atoms with Crippen molar-refractivity contribution in [1.82, 2.24) is 0 Å². The Hall–Kier alpha value is -0.450. The Bertz CT molecular complexity index is 352. The van der Waals surface area contributed by atoms with Crippen LogP contribution in [0.1, 0.15) is 5.56 Å². The lowest BCUT2D eigenvalue weighted by molar-refractivity contribution is -0.0400. The van der Waals surface area contributed by atoms with Crippen LogP contribution >= 0.6 is 23.2 Å². The highest BCUT2D eigenvalue weighted by molar-refractivity contribution is 6.30. The molecular weight excluding hydrogens is 252 g/mol. The van der Waals surface area contributed by atoms with E-state index in [9.17, 15) is 13.2 Å². The minimum Gasteiger partial charge on any atom is -0.385 e. The van der Waals surface area contributed by atoms with Crippen molar-refractivity contribution in [1.29, 1.82) is 0 Å². The summed E-state index contributed by atoms with van der Waals surface area (Å²) in [6.45, 7) is 0. The smallest absolute Gasteiger partial charge is 0.347 e. The Labute approximate surface area is 94.4 Å². The molecule has 0 aliphatic carbocycles. The van der Waals surface area contributed by atoms with Crippen molar-refractivity contribution in [3.05, 3.63) is 34.6 Å². The quantitative estimate of drug-likeness (QED) is 0.826. The van der Waals surface area contributed by atoms with E-state index in [0.717, 1.165) is 6.07 Å². The average Bonchev–Trinajstić information content (AvgIpc) is 2.09. The van der Waals surface area contributed by atoms with Crippen molar-refractivity contribution in [3.8, 4) is 0 Å². The fraction of sp³-hybridized carbons (Fsp3) is 0.333. The van der Waals surface area contributed by atoms with Gasteiger partial charge < -0.3 is 5.11 Å². The number of rotatable bonds is 3. The number of alkyl halides is 3. The standard InChI is InChI=1S/C9H7Cl2F3O/c10-6-1-2-7(12)5(3-6)4-8(15)9(11,13)14/h1-3,8,15H,4H2. The number of halogens is 5. The van der Waals surface area contributed by atoms with Gasteiger partial charge in [0, 0.05) is 11.4 Å². The third-order valence-corrected chi connectivity index (χ3v) is 2.29. The minimum absolute atomic E-state index is 0.102. The van der Waals surface area contributed by atoms with E-state index in [4.69, 9.17) is 16.7 Å². The first-order valence-electron chi connectivity index (χ1n) is 3.99. The Morgan fingerprint density at radius 2 is 2.00 bits per heavy atom. The summed E-state index contributed by atoms with van der Waals surface area (Å²) in [6, 6.07) is 3.49. The van der Waals surface area contributed by atoms with Gasteiger partial charge in [0.2, 0.25) is 0 Å². The summed E-state index contributed by atoms with van der Waals surface area (Å²) >= 11 is 10.1. The Kier molecular flexibility index (Phi) is 3.87. The van der Waals surface area contributed by atoms with Gasteiger partial charge in [0.15, 0.2) is 0 Å². The summed E-state index contributed by atoms with van der Waals surface area (Å²) < 4.78 is 37.8. The topological polar surface area (TPSA) is 20.2 Å². The normalized spacial score (nSPS) is 14.0. The third-order valence-electron chi connectivity index (χ3n) is 1.80. The summed E-state index contributed by atoms with van der Waals surface area (Å²) in [5, 5.41) is 5.38. The summed E-state index contributed by atoms with van der Waals surface area (Å²) in [5.74, 6) is -0.709. The molecule has 1 nitrogen and oxygen atoms in total. The molecule has 0 radical (unpaired) electrons. The fourth-order valence-corrected chi connectivity index (χ4v) is 1.30. The first-order valence-corrected chi connectivity index (χ1v) is 4.75. The Morgan fingerprint density at radius 3 is 2.53 bits per heavy atom. The number of aliphatic hydroxyl groups excluding tert-OH is 1. The molecule has 0 spiro atoms. The van der Waals surface area contributed by atoms with E-state index in [1.165, 1.54) is 12.1 Å². The zero-order chi connectivity index (χ0) is 11.6. The number of benzene rings is 1. The molecule has 0 aliphatic heterocycles. The van der Waals surface area contributed by atoms with E-state index >= 15 is 0 Å². The molecule has 0 aromatic heterocycles. The van der Waals surface area contributed by atoms with Crippen LogP contribution in [0.4, 0.5) is 13.2 Å². The molecule has 15 heavy (non-hydrogen) atoms. The second-order valence-corrected chi connectivity index (χ2v) is 3.94. The molecule has 1 aromatic rings. The molecule has 0 saturated heterocycles. The lowest BCUT2D eigenvalue weighted by Crippen LogP contribution is -2.29. The molecule has 0 amide bonds. The van der Waals surface area contributed by atoms with Crippen molar-refractivity contribution in [2.24, 2.45) is 0 Å². The predicted molar refractivity (Wildman–Crippen MR) is 51.9 cm³/mol. The van der Waals surface area contributed by atoms with Crippen LogP contribution in [0, 0.1) is 5.82 Å². The zero-order valence-electron chi connectivity index (χ0n) is 7.35. The molecule has 0 aliphatic rings. The predicted octanol–water partition coefficient (Wildman–Crippen LogP) is 3.21. The molecule has 1 atom stereocenters. The van der Waals surface area contributed by atoms with Gasteiger partial charge in [-0.1, -0.05) is 11.6 Å². The zero-order valence-corrected chi connectivity index (χ0v) is 8.87. The van der Waals surface area contributed by atoms with E-state index in [0.29, 0.717) is 0 Å². The maximum absolute atomic E-state index is 13.1. The Morgan fingerprint density at radius 1 is 1.40 bits per heavy atom. The van der Waals surface area contributed by atoms with E-state index in [2.05, 4.69) is 11.6 Å². The van der Waals surface area contributed by atoms with Crippen LogP contribution in [-0.4, -0.2) is 16.6 Å². The van der Waals surface area contributed by atoms with Gasteiger partial charge in [-0.05, 0) is 35.4 Å². The molecule has 1 aromatic carbocycles. The molecule has 0 saturated carbocycles. The van der Waals surface area contributed by atoms with Crippen LogP contribution in [0.25, 0.3) is 0 Å². The highest BCUT2D eigenvalue weighted by Gasteiger charge is 2.35. The van der Waals surface area contributed by atoms with Crippen molar-refractivity contribution in [2.75, 3.05) is 0 Å². The molecular formula is C9H7Cl2F3O. The lowest BCUT2D eigenvalue weighted by atomic mass is 10.1. The van der Waals surface area contributed by atoms with E-state index < -0.39 is 23.7 Å². The minimum atomic E-state index is -3.78. The summed E-state index contributed by atoms with van der Waals surface area (Å²) in [4.78, 5) is 0. The SMILES string of the molecule is OC(Cc1cc(Cl)ccc1F)C(F)(F)Cl. The van der Waals surface area contributed by atoms with Gasteiger partial charge in [0.1, 0.15) is 11.9 Å². The maximum Gasteiger partial charge on any atom is 0.347 e. The molecule has 0 bridgehead atoms. The molecule has 1 rings (SSSR count). The lowest BCUT2D eigenvalue weighted by Gasteiger charge is -2.16. The van der Waals surface area contributed by atoms with Crippen LogP contribution in [0.5, 0.6) is 0 Å².